The Kier molecular flexibility index (Phi) is 7.02. The van der Waals surface area contributed by atoms with Gasteiger partial charge < -0.3 is 10.2 Å². The molecular weight excluding hydrogens is 309 g/mol. The van der Waals surface area contributed by atoms with Gasteiger partial charge in [-0.25, -0.2) is 0 Å². The lowest BCUT2D eigenvalue weighted by molar-refractivity contribution is 0.198. The quantitative estimate of drug-likeness (QED) is 0.685. The van der Waals surface area contributed by atoms with E-state index in [1.807, 2.05) is 19.1 Å². The van der Waals surface area contributed by atoms with Crippen LogP contribution in [0.5, 0.6) is 0 Å². The first-order valence-electron chi connectivity index (χ1n) is 7.26. The molecule has 0 fully saturated rings. The van der Waals surface area contributed by atoms with Gasteiger partial charge in [0.1, 0.15) is 0 Å². The lowest BCUT2D eigenvalue weighted by Crippen LogP contribution is -2.39. The number of hydrogen-bond donors (Lipinski definition) is 1. The highest BCUT2D eigenvalue weighted by molar-refractivity contribution is 6.73. The van der Waals surface area contributed by atoms with Gasteiger partial charge in [0.2, 0.25) is 0 Å². The highest BCUT2D eigenvalue weighted by Crippen LogP contribution is 2.37. The van der Waals surface area contributed by atoms with E-state index in [9.17, 15) is 0 Å². The first kappa shape index (κ1) is 18.0. The predicted octanol–water partition coefficient (Wildman–Crippen LogP) is 5.32. The SMILES string of the molecule is CC[Si](CC)(CC)O[C@H](CN)c1c(Cl)cc(C)cc1Cl. The molecule has 114 valence electrons. The van der Waals surface area contributed by atoms with Crippen LogP contribution in [-0.2, 0) is 4.43 Å². The van der Waals surface area contributed by atoms with Crippen LogP contribution in [0.15, 0.2) is 12.1 Å². The Morgan fingerprint density at radius 1 is 1.10 bits per heavy atom. The first-order valence-corrected chi connectivity index (χ1v) is 10.5. The molecule has 0 bridgehead atoms. The molecule has 0 aliphatic rings. The van der Waals surface area contributed by atoms with Crippen LogP contribution in [-0.4, -0.2) is 14.9 Å². The topological polar surface area (TPSA) is 35.2 Å². The molecule has 0 aliphatic carbocycles. The van der Waals surface area contributed by atoms with Crippen molar-refractivity contribution >= 4 is 31.5 Å². The molecule has 0 aliphatic heterocycles. The summed E-state index contributed by atoms with van der Waals surface area (Å²) in [7, 11) is -1.74. The predicted molar refractivity (Wildman–Crippen MR) is 91.3 cm³/mol. The first-order chi connectivity index (χ1) is 9.42. The monoisotopic (exact) mass is 333 g/mol. The van der Waals surface area contributed by atoms with Crippen LogP contribution >= 0.6 is 23.2 Å². The molecule has 2 N–H and O–H groups in total. The number of rotatable bonds is 7. The van der Waals surface area contributed by atoms with E-state index in [4.69, 9.17) is 33.4 Å². The largest absolute Gasteiger partial charge is 0.409 e. The van der Waals surface area contributed by atoms with E-state index in [2.05, 4.69) is 20.8 Å². The van der Waals surface area contributed by atoms with Gasteiger partial charge in [0.05, 0.1) is 6.10 Å². The van der Waals surface area contributed by atoms with E-state index < -0.39 is 8.32 Å². The maximum absolute atomic E-state index is 6.47. The van der Waals surface area contributed by atoms with Crippen LogP contribution < -0.4 is 5.73 Å². The van der Waals surface area contributed by atoms with E-state index >= 15 is 0 Å². The molecule has 5 heteroatoms. The van der Waals surface area contributed by atoms with E-state index in [0.717, 1.165) is 29.3 Å². The van der Waals surface area contributed by atoms with Crippen molar-refractivity contribution in [1.82, 2.24) is 0 Å². The summed E-state index contributed by atoms with van der Waals surface area (Å²) in [5.41, 5.74) is 7.82. The standard InChI is InChI=1S/C15H25Cl2NOSi/c1-5-20(6-2,7-3)19-14(10-18)15-12(16)8-11(4)9-13(15)17/h8-9,14H,5-7,10,18H2,1-4H3/t14-/m1/s1. The molecule has 0 amide bonds. The smallest absolute Gasteiger partial charge is 0.192 e. The van der Waals surface area contributed by atoms with Crippen LogP contribution in [0, 0.1) is 6.92 Å². The molecule has 0 spiro atoms. The molecule has 1 aromatic carbocycles. The maximum Gasteiger partial charge on any atom is 0.192 e. The van der Waals surface area contributed by atoms with Gasteiger partial charge in [-0.05, 0) is 42.8 Å². The number of nitrogens with two attached hydrogens (primary N) is 1. The molecule has 0 aromatic heterocycles. The Bertz CT molecular complexity index is 418. The Balaban J connectivity index is 3.14. The summed E-state index contributed by atoms with van der Waals surface area (Å²) in [5, 5.41) is 1.30. The Morgan fingerprint density at radius 3 is 1.90 bits per heavy atom. The average Bonchev–Trinajstić information content (AvgIpc) is 2.42. The molecule has 1 atom stereocenters. The van der Waals surface area contributed by atoms with Gasteiger partial charge in [0, 0.05) is 22.2 Å². The lowest BCUT2D eigenvalue weighted by Gasteiger charge is -2.33. The summed E-state index contributed by atoms with van der Waals surface area (Å²) < 4.78 is 6.47. The second kappa shape index (κ2) is 7.81. The van der Waals surface area contributed by atoms with Gasteiger partial charge in [0.15, 0.2) is 8.32 Å². The zero-order valence-electron chi connectivity index (χ0n) is 12.8. The molecule has 1 aromatic rings. The third-order valence-corrected chi connectivity index (χ3v) is 9.36. The fraction of sp³-hybridized carbons (Fsp3) is 0.600. The third kappa shape index (κ3) is 3.98. The zero-order valence-corrected chi connectivity index (χ0v) is 15.3. The second-order valence-electron chi connectivity index (χ2n) is 5.23. The fourth-order valence-electron chi connectivity index (χ4n) is 2.55. The summed E-state index contributed by atoms with van der Waals surface area (Å²) in [6, 6.07) is 7.08. The van der Waals surface area contributed by atoms with E-state index in [1.165, 1.54) is 0 Å². The molecule has 0 saturated heterocycles. The highest BCUT2D eigenvalue weighted by atomic mass is 35.5. The van der Waals surface area contributed by atoms with Crippen molar-refractivity contribution < 1.29 is 4.43 Å². The minimum atomic E-state index is -1.74. The Labute approximate surface area is 133 Å². The zero-order chi connectivity index (χ0) is 15.3. The highest BCUT2D eigenvalue weighted by Gasteiger charge is 2.33. The van der Waals surface area contributed by atoms with Gasteiger partial charge in [-0.15, -0.1) is 0 Å². The summed E-state index contributed by atoms with van der Waals surface area (Å²) in [5.74, 6) is 0. The van der Waals surface area contributed by atoms with Crippen molar-refractivity contribution in [2.75, 3.05) is 6.54 Å². The van der Waals surface area contributed by atoms with Crippen molar-refractivity contribution in [2.45, 2.75) is 51.9 Å². The summed E-state index contributed by atoms with van der Waals surface area (Å²) >= 11 is 12.7. The van der Waals surface area contributed by atoms with Gasteiger partial charge in [-0.2, -0.15) is 0 Å². The normalized spacial score (nSPS) is 13.6. The van der Waals surface area contributed by atoms with Gasteiger partial charge in [-0.1, -0.05) is 44.0 Å². The van der Waals surface area contributed by atoms with Crippen molar-refractivity contribution in [3.63, 3.8) is 0 Å². The second-order valence-corrected chi connectivity index (χ2v) is 10.8. The number of halogens is 2. The van der Waals surface area contributed by atoms with Gasteiger partial charge in [0.25, 0.3) is 0 Å². The fourth-order valence-corrected chi connectivity index (χ4v) is 6.20. The van der Waals surface area contributed by atoms with Crippen molar-refractivity contribution in [3.8, 4) is 0 Å². The van der Waals surface area contributed by atoms with Crippen LogP contribution in [0.1, 0.15) is 38.0 Å². The lowest BCUT2D eigenvalue weighted by atomic mass is 10.1. The summed E-state index contributed by atoms with van der Waals surface area (Å²) in [6.07, 6.45) is -0.206. The van der Waals surface area contributed by atoms with E-state index in [0.29, 0.717) is 16.6 Å². The van der Waals surface area contributed by atoms with Crippen LogP contribution in [0.4, 0.5) is 0 Å². The average molecular weight is 334 g/mol. The molecule has 1 rings (SSSR count). The number of benzene rings is 1. The van der Waals surface area contributed by atoms with Crippen molar-refractivity contribution in [1.29, 1.82) is 0 Å². The molecule has 0 heterocycles. The summed E-state index contributed by atoms with van der Waals surface area (Å²) in [6.45, 7) is 8.97. The molecular formula is C15H25Cl2NOSi. The van der Waals surface area contributed by atoms with Crippen molar-refractivity contribution in [2.24, 2.45) is 5.73 Å². The van der Waals surface area contributed by atoms with Gasteiger partial charge in [-0.3, -0.25) is 0 Å². The van der Waals surface area contributed by atoms with Crippen LogP contribution in [0.2, 0.25) is 28.2 Å². The molecule has 0 saturated carbocycles. The van der Waals surface area contributed by atoms with Crippen LogP contribution in [0.25, 0.3) is 0 Å². The van der Waals surface area contributed by atoms with E-state index in [-0.39, 0.29) is 6.10 Å². The maximum atomic E-state index is 6.47. The molecule has 2 nitrogen and oxygen atoms in total. The van der Waals surface area contributed by atoms with Gasteiger partial charge >= 0.3 is 0 Å². The molecule has 20 heavy (non-hydrogen) atoms. The molecule has 0 unspecified atom stereocenters. The number of aryl methyl sites for hydroxylation is 1. The Hall–Kier alpha value is -0.0631. The summed E-state index contributed by atoms with van der Waals surface area (Å²) in [4.78, 5) is 0. The minimum absolute atomic E-state index is 0.206. The van der Waals surface area contributed by atoms with E-state index in [1.54, 1.807) is 0 Å². The minimum Gasteiger partial charge on any atom is -0.409 e. The number of hydrogen-bond acceptors (Lipinski definition) is 2. The third-order valence-electron chi connectivity index (χ3n) is 4.08. The van der Waals surface area contributed by atoms with Crippen LogP contribution in [0.3, 0.4) is 0 Å². The molecule has 0 radical (unpaired) electrons. The van der Waals surface area contributed by atoms with Crippen molar-refractivity contribution in [3.05, 3.63) is 33.3 Å². The Morgan fingerprint density at radius 2 is 1.55 bits per heavy atom.